The Hall–Kier alpha value is -2.57. The van der Waals surface area contributed by atoms with Gasteiger partial charge in [0.15, 0.2) is 0 Å². The first-order chi connectivity index (χ1) is 12.1. The molecule has 0 spiro atoms. The number of rotatable bonds is 7. The van der Waals surface area contributed by atoms with E-state index in [1.165, 1.54) is 0 Å². The lowest BCUT2D eigenvalue weighted by molar-refractivity contribution is 0.0948. The number of halogens is 1. The largest absolute Gasteiger partial charge is 0.385 e. The number of methoxy groups -OCH3 is 1. The molecule has 0 saturated heterocycles. The van der Waals surface area contributed by atoms with E-state index < -0.39 is 6.03 Å². The number of ether oxygens (including phenoxy) is 1. The SMILES string of the molecule is COCCCNC(=O)c1cccc(NC(=O)Nc2cccc(Cl)c2)c1. The predicted octanol–water partition coefficient (Wildman–Crippen LogP) is 3.75. The van der Waals surface area contributed by atoms with E-state index in [0.29, 0.717) is 35.1 Å². The number of carbonyl (C=O) groups excluding carboxylic acids is 2. The van der Waals surface area contributed by atoms with Gasteiger partial charge in [-0.05, 0) is 42.8 Å². The van der Waals surface area contributed by atoms with E-state index in [2.05, 4.69) is 16.0 Å². The molecule has 6 nitrogen and oxygen atoms in total. The summed E-state index contributed by atoms with van der Waals surface area (Å²) in [6, 6.07) is 13.1. The summed E-state index contributed by atoms with van der Waals surface area (Å²) in [6.45, 7) is 1.12. The highest BCUT2D eigenvalue weighted by Crippen LogP contribution is 2.16. The van der Waals surface area contributed by atoms with Crippen LogP contribution in [0.2, 0.25) is 5.02 Å². The summed E-state index contributed by atoms with van der Waals surface area (Å²) in [5.41, 5.74) is 1.57. The van der Waals surface area contributed by atoms with Gasteiger partial charge < -0.3 is 20.7 Å². The molecule has 3 N–H and O–H groups in total. The summed E-state index contributed by atoms with van der Waals surface area (Å²) in [5, 5.41) is 8.70. The number of hydrogen-bond donors (Lipinski definition) is 3. The van der Waals surface area contributed by atoms with Crippen molar-refractivity contribution in [3.05, 3.63) is 59.1 Å². The number of nitrogens with one attached hydrogen (secondary N) is 3. The Bertz CT molecular complexity index is 737. The third kappa shape index (κ3) is 6.45. The second-order valence-corrected chi connectivity index (χ2v) is 5.71. The molecule has 0 aliphatic rings. The van der Waals surface area contributed by atoms with Gasteiger partial charge in [0.2, 0.25) is 0 Å². The maximum Gasteiger partial charge on any atom is 0.323 e. The summed E-state index contributed by atoms with van der Waals surface area (Å²) >= 11 is 5.88. The minimum Gasteiger partial charge on any atom is -0.385 e. The molecule has 0 aliphatic carbocycles. The molecule has 0 saturated carbocycles. The van der Waals surface area contributed by atoms with Crippen molar-refractivity contribution in [1.82, 2.24) is 5.32 Å². The maximum absolute atomic E-state index is 12.1. The third-order valence-corrected chi connectivity index (χ3v) is 3.51. The van der Waals surface area contributed by atoms with Gasteiger partial charge in [-0.3, -0.25) is 4.79 Å². The molecule has 0 aliphatic heterocycles. The molecular weight excluding hydrogens is 342 g/mol. The average molecular weight is 362 g/mol. The van der Waals surface area contributed by atoms with Crippen molar-refractivity contribution in [3.8, 4) is 0 Å². The molecular formula is C18H20ClN3O3. The van der Waals surface area contributed by atoms with Crippen molar-refractivity contribution in [3.63, 3.8) is 0 Å². The monoisotopic (exact) mass is 361 g/mol. The van der Waals surface area contributed by atoms with Gasteiger partial charge in [0.25, 0.3) is 5.91 Å². The first-order valence-electron chi connectivity index (χ1n) is 7.79. The van der Waals surface area contributed by atoms with Gasteiger partial charge in [0, 0.05) is 42.2 Å². The molecule has 3 amide bonds. The lowest BCUT2D eigenvalue weighted by Crippen LogP contribution is -2.25. The summed E-state index contributed by atoms with van der Waals surface area (Å²) < 4.78 is 4.93. The van der Waals surface area contributed by atoms with E-state index in [1.807, 2.05) is 0 Å². The fourth-order valence-electron chi connectivity index (χ4n) is 2.12. The Labute approximate surface area is 151 Å². The van der Waals surface area contributed by atoms with Gasteiger partial charge in [-0.2, -0.15) is 0 Å². The van der Waals surface area contributed by atoms with E-state index in [0.717, 1.165) is 6.42 Å². The van der Waals surface area contributed by atoms with Crippen LogP contribution in [0.15, 0.2) is 48.5 Å². The van der Waals surface area contributed by atoms with Crippen molar-refractivity contribution in [2.24, 2.45) is 0 Å². The lowest BCUT2D eigenvalue weighted by Gasteiger charge is -2.10. The van der Waals surface area contributed by atoms with Crippen LogP contribution in [-0.4, -0.2) is 32.2 Å². The predicted molar refractivity (Wildman–Crippen MR) is 99.4 cm³/mol. The molecule has 2 rings (SSSR count). The topological polar surface area (TPSA) is 79.5 Å². The van der Waals surface area contributed by atoms with Crippen molar-refractivity contribution in [2.45, 2.75) is 6.42 Å². The molecule has 0 atom stereocenters. The van der Waals surface area contributed by atoms with E-state index in [4.69, 9.17) is 16.3 Å². The standard InChI is InChI=1S/C18H20ClN3O3/c1-25-10-4-9-20-17(23)13-5-2-7-15(11-13)21-18(24)22-16-8-3-6-14(19)12-16/h2-3,5-8,11-12H,4,9-10H2,1H3,(H,20,23)(H2,21,22,24). The second kappa shape index (κ2) is 9.66. The Balaban J connectivity index is 1.91. The van der Waals surface area contributed by atoms with E-state index >= 15 is 0 Å². The van der Waals surface area contributed by atoms with Crippen molar-refractivity contribution in [2.75, 3.05) is 30.9 Å². The Morgan fingerprint density at radius 2 is 1.72 bits per heavy atom. The van der Waals surface area contributed by atoms with Crippen LogP contribution >= 0.6 is 11.6 Å². The van der Waals surface area contributed by atoms with Crippen LogP contribution < -0.4 is 16.0 Å². The average Bonchev–Trinajstić information content (AvgIpc) is 2.58. The summed E-state index contributed by atoms with van der Waals surface area (Å²) in [6.07, 6.45) is 0.738. The number of anilines is 2. The first-order valence-corrected chi connectivity index (χ1v) is 8.17. The second-order valence-electron chi connectivity index (χ2n) is 5.27. The van der Waals surface area contributed by atoms with Crippen LogP contribution in [0.25, 0.3) is 0 Å². The first kappa shape index (κ1) is 18.8. The van der Waals surface area contributed by atoms with Gasteiger partial charge >= 0.3 is 6.03 Å². The number of benzene rings is 2. The fraction of sp³-hybridized carbons (Fsp3) is 0.222. The third-order valence-electron chi connectivity index (χ3n) is 3.28. The van der Waals surface area contributed by atoms with Crippen molar-refractivity contribution >= 4 is 34.9 Å². The molecule has 0 aromatic heterocycles. The highest BCUT2D eigenvalue weighted by atomic mass is 35.5. The minimum absolute atomic E-state index is 0.199. The van der Waals surface area contributed by atoms with Gasteiger partial charge in [0.05, 0.1) is 0 Å². The van der Waals surface area contributed by atoms with E-state index in [1.54, 1.807) is 55.6 Å². The zero-order valence-corrected chi connectivity index (χ0v) is 14.6. The number of amides is 3. The summed E-state index contributed by atoms with van der Waals surface area (Å²) in [7, 11) is 1.62. The summed E-state index contributed by atoms with van der Waals surface area (Å²) in [5.74, 6) is -0.199. The molecule has 25 heavy (non-hydrogen) atoms. The lowest BCUT2D eigenvalue weighted by atomic mass is 10.2. The van der Waals surface area contributed by atoms with E-state index in [9.17, 15) is 9.59 Å². The quantitative estimate of drug-likeness (QED) is 0.657. The fourth-order valence-corrected chi connectivity index (χ4v) is 2.31. The van der Waals surface area contributed by atoms with Gasteiger partial charge in [-0.25, -0.2) is 4.79 Å². The zero-order valence-electron chi connectivity index (χ0n) is 13.8. The number of hydrogen-bond acceptors (Lipinski definition) is 3. The Kier molecular flexibility index (Phi) is 7.25. The molecule has 2 aromatic rings. The molecule has 132 valence electrons. The van der Waals surface area contributed by atoms with Crippen LogP contribution in [0.4, 0.5) is 16.2 Å². The molecule has 2 aromatic carbocycles. The smallest absolute Gasteiger partial charge is 0.323 e. The molecule has 0 radical (unpaired) electrons. The number of carbonyl (C=O) groups is 2. The Morgan fingerprint density at radius 1 is 1.04 bits per heavy atom. The van der Waals surface area contributed by atoms with E-state index in [-0.39, 0.29) is 5.91 Å². The number of urea groups is 1. The highest BCUT2D eigenvalue weighted by molar-refractivity contribution is 6.30. The zero-order chi connectivity index (χ0) is 18.1. The van der Waals surface area contributed by atoms with Crippen LogP contribution in [0.5, 0.6) is 0 Å². The van der Waals surface area contributed by atoms with Gasteiger partial charge in [-0.1, -0.05) is 23.7 Å². The normalized spacial score (nSPS) is 10.2. The molecule has 0 heterocycles. The van der Waals surface area contributed by atoms with Crippen LogP contribution in [-0.2, 0) is 4.74 Å². The van der Waals surface area contributed by atoms with Gasteiger partial charge in [0.1, 0.15) is 0 Å². The van der Waals surface area contributed by atoms with Crippen LogP contribution in [0.3, 0.4) is 0 Å². The van der Waals surface area contributed by atoms with Crippen LogP contribution in [0, 0.1) is 0 Å². The molecule has 0 bridgehead atoms. The van der Waals surface area contributed by atoms with Crippen LogP contribution in [0.1, 0.15) is 16.8 Å². The summed E-state index contributed by atoms with van der Waals surface area (Å²) in [4.78, 5) is 24.1. The van der Waals surface area contributed by atoms with Gasteiger partial charge in [-0.15, -0.1) is 0 Å². The molecule has 0 fully saturated rings. The molecule has 7 heteroatoms. The highest BCUT2D eigenvalue weighted by Gasteiger charge is 2.08. The van der Waals surface area contributed by atoms with Crippen molar-refractivity contribution < 1.29 is 14.3 Å². The Morgan fingerprint density at radius 3 is 2.40 bits per heavy atom. The van der Waals surface area contributed by atoms with Crippen molar-refractivity contribution in [1.29, 1.82) is 0 Å². The maximum atomic E-state index is 12.1. The molecule has 0 unspecified atom stereocenters. The minimum atomic E-state index is -0.417.